The highest BCUT2D eigenvalue weighted by Crippen LogP contribution is 2.30. The maximum absolute atomic E-state index is 10.8. The highest BCUT2D eigenvalue weighted by atomic mass is 16.6. The Morgan fingerprint density at radius 1 is 1.56 bits per heavy atom. The molecule has 16 heavy (non-hydrogen) atoms. The first-order valence-electron chi connectivity index (χ1n) is 4.57. The standard InChI is InChI=1S/C10H11NO5/c1-6-4-3-5-8(9(6)11(14)15)16-7(2)10(12)13/h3-5,7H,1-2H3,(H,12,13)/t7-/m1/s1. The first-order valence-corrected chi connectivity index (χ1v) is 4.57. The minimum absolute atomic E-state index is 0.0279. The quantitative estimate of drug-likeness (QED) is 0.622. The number of aryl methyl sites for hydroxylation is 1. The summed E-state index contributed by atoms with van der Waals surface area (Å²) < 4.78 is 5.01. The second-order valence-corrected chi connectivity index (χ2v) is 3.28. The Hall–Kier alpha value is -2.11. The zero-order chi connectivity index (χ0) is 12.3. The van der Waals surface area contributed by atoms with Crippen molar-refractivity contribution in [3.8, 4) is 5.75 Å². The number of nitrogens with zero attached hydrogens (tertiary/aromatic N) is 1. The van der Waals surface area contributed by atoms with Crippen molar-refractivity contribution in [3.05, 3.63) is 33.9 Å². The van der Waals surface area contributed by atoms with E-state index in [0.717, 1.165) is 0 Å². The third-order valence-electron chi connectivity index (χ3n) is 2.03. The van der Waals surface area contributed by atoms with E-state index in [1.807, 2.05) is 0 Å². The lowest BCUT2D eigenvalue weighted by Gasteiger charge is -2.11. The van der Waals surface area contributed by atoms with Crippen LogP contribution >= 0.6 is 0 Å². The van der Waals surface area contributed by atoms with Gasteiger partial charge in [0.25, 0.3) is 0 Å². The average molecular weight is 225 g/mol. The van der Waals surface area contributed by atoms with Crippen molar-refractivity contribution in [1.82, 2.24) is 0 Å². The van der Waals surface area contributed by atoms with Gasteiger partial charge in [0.05, 0.1) is 4.92 Å². The first kappa shape index (κ1) is 12.0. The van der Waals surface area contributed by atoms with Gasteiger partial charge in [-0.15, -0.1) is 0 Å². The van der Waals surface area contributed by atoms with Crippen molar-refractivity contribution in [2.45, 2.75) is 20.0 Å². The number of hydrogen-bond donors (Lipinski definition) is 1. The Balaban J connectivity index is 3.09. The van der Waals surface area contributed by atoms with Crippen LogP contribution in [0.5, 0.6) is 5.75 Å². The number of carboxylic acid groups (broad SMARTS) is 1. The predicted octanol–water partition coefficient (Wildman–Crippen LogP) is 1.76. The molecule has 0 aliphatic rings. The van der Waals surface area contributed by atoms with E-state index in [1.54, 1.807) is 19.1 Å². The van der Waals surface area contributed by atoms with Gasteiger partial charge in [-0.2, -0.15) is 0 Å². The summed E-state index contributed by atoms with van der Waals surface area (Å²) in [5, 5.41) is 19.4. The van der Waals surface area contributed by atoms with Crippen LogP contribution in [0.4, 0.5) is 5.69 Å². The lowest BCUT2D eigenvalue weighted by Crippen LogP contribution is -2.23. The maximum atomic E-state index is 10.8. The monoisotopic (exact) mass is 225 g/mol. The maximum Gasteiger partial charge on any atom is 0.344 e. The van der Waals surface area contributed by atoms with Crippen LogP contribution in [-0.4, -0.2) is 22.1 Å². The van der Waals surface area contributed by atoms with E-state index in [4.69, 9.17) is 9.84 Å². The summed E-state index contributed by atoms with van der Waals surface area (Å²) >= 11 is 0. The Morgan fingerprint density at radius 3 is 2.69 bits per heavy atom. The lowest BCUT2D eigenvalue weighted by molar-refractivity contribution is -0.386. The second-order valence-electron chi connectivity index (χ2n) is 3.28. The van der Waals surface area contributed by atoms with Gasteiger partial charge in [-0.25, -0.2) is 4.79 Å². The van der Waals surface area contributed by atoms with Crippen molar-refractivity contribution in [3.63, 3.8) is 0 Å². The largest absolute Gasteiger partial charge is 0.479 e. The molecule has 1 atom stereocenters. The molecule has 0 heterocycles. The molecule has 0 unspecified atom stereocenters. The van der Waals surface area contributed by atoms with E-state index in [9.17, 15) is 14.9 Å². The molecule has 1 aromatic rings. The number of hydrogen-bond acceptors (Lipinski definition) is 4. The topological polar surface area (TPSA) is 89.7 Å². The number of carboxylic acids is 1. The van der Waals surface area contributed by atoms with Crippen molar-refractivity contribution in [1.29, 1.82) is 0 Å². The molecule has 0 saturated carbocycles. The van der Waals surface area contributed by atoms with Crippen LogP contribution in [0.2, 0.25) is 0 Å². The van der Waals surface area contributed by atoms with Gasteiger partial charge >= 0.3 is 11.7 Å². The van der Waals surface area contributed by atoms with E-state index >= 15 is 0 Å². The number of carbonyl (C=O) groups is 1. The zero-order valence-electron chi connectivity index (χ0n) is 8.84. The van der Waals surface area contributed by atoms with Gasteiger partial charge in [-0.05, 0) is 19.9 Å². The molecule has 1 rings (SSSR count). The summed E-state index contributed by atoms with van der Waals surface area (Å²) in [6, 6.07) is 4.52. The van der Waals surface area contributed by atoms with Gasteiger partial charge in [0.1, 0.15) is 0 Å². The summed E-state index contributed by atoms with van der Waals surface area (Å²) in [5.74, 6) is -1.20. The van der Waals surface area contributed by atoms with Crippen LogP contribution in [0.15, 0.2) is 18.2 Å². The molecule has 86 valence electrons. The van der Waals surface area contributed by atoms with Gasteiger partial charge in [0.15, 0.2) is 11.9 Å². The molecule has 6 heteroatoms. The van der Waals surface area contributed by atoms with Crippen LogP contribution in [0.1, 0.15) is 12.5 Å². The molecular weight excluding hydrogens is 214 g/mol. The minimum atomic E-state index is -1.17. The van der Waals surface area contributed by atoms with Crippen molar-refractivity contribution >= 4 is 11.7 Å². The van der Waals surface area contributed by atoms with Crippen LogP contribution in [0.3, 0.4) is 0 Å². The number of benzene rings is 1. The second kappa shape index (κ2) is 4.61. The molecule has 0 amide bonds. The molecule has 1 N–H and O–H groups in total. The third kappa shape index (κ3) is 2.47. The summed E-state index contributed by atoms with van der Waals surface area (Å²) in [4.78, 5) is 20.8. The Bertz CT molecular complexity index is 429. The zero-order valence-corrected chi connectivity index (χ0v) is 8.84. The molecule has 0 spiro atoms. The number of nitro groups is 1. The number of aliphatic carboxylic acids is 1. The molecule has 6 nitrogen and oxygen atoms in total. The summed E-state index contributed by atoms with van der Waals surface area (Å²) in [5.41, 5.74) is 0.232. The smallest absolute Gasteiger partial charge is 0.344 e. The molecule has 0 radical (unpaired) electrons. The van der Waals surface area contributed by atoms with Crippen LogP contribution in [-0.2, 0) is 4.79 Å². The molecule has 0 aromatic heterocycles. The number of rotatable bonds is 4. The van der Waals surface area contributed by atoms with Crippen molar-refractivity contribution in [2.75, 3.05) is 0 Å². The van der Waals surface area contributed by atoms with Crippen LogP contribution in [0.25, 0.3) is 0 Å². The van der Waals surface area contributed by atoms with Gasteiger partial charge < -0.3 is 9.84 Å². The summed E-state index contributed by atoms with van der Waals surface area (Å²) in [6.07, 6.45) is -1.12. The fourth-order valence-electron chi connectivity index (χ4n) is 1.20. The van der Waals surface area contributed by atoms with E-state index in [-0.39, 0.29) is 11.4 Å². The molecule has 0 bridgehead atoms. The fourth-order valence-corrected chi connectivity index (χ4v) is 1.20. The molecule has 0 fully saturated rings. The number of ether oxygens (including phenoxy) is 1. The normalized spacial score (nSPS) is 11.9. The summed E-state index contributed by atoms with van der Waals surface area (Å²) in [6.45, 7) is 2.88. The van der Waals surface area contributed by atoms with Gasteiger partial charge in [-0.3, -0.25) is 10.1 Å². The molecular formula is C10H11NO5. The Labute approximate surface area is 91.6 Å². The minimum Gasteiger partial charge on any atom is -0.479 e. The molecule has 1 aromatic carbocycles. The average Bonchev–Trinajstić information content (AvgIpc) is 2.16. The van der Waals surface area contributed by atoms with E-state index in [0.29, 0.717) is 5.56 Å². The summed E-state index contributed by atoms with van der Waals surface area (Å²) in [7, 11) is 0. The van der Waals surface area contributed by atoms with Gasteiger partial charge in [-0.1, -0.05) is 12.1 Å². The van der Waals surface area contributed by atoms with E-state index < -0.39 is 17.0 Å². The van der Waals surface area contributed by atoms with E-state index in [2.05, 4.69) is 0 Å². The van der Waals surface area contributed by atoms with Crippen LogP contribution in [0, 0.1) is 17.0 Å². The van der Waals surface area contributed by atoms with E-state index in [1.165, 1.54) is 13.0 Å². The molecule has 0 aliphatic carbocycles. The highest BCUT2D eigenvalue weighted by Gasteiger charge is 2.22. The first-order chi connectivity index (χ1) is 7.43. The van der Waals surface area contributed by atoms with Gasteiger partial charge in [0, 0.05) is 5.56 Å². The Kier molecular flexibility index (Phi) is 3.44. The van der Waals surface area contributed by atoms with Crippen LogP contribution < -0.4 is 4.74 Å². The predicted molar refractivity (Wildman–Crippen MR) is 55.6 cm³/mol. The lowest BCUT2D eigenvalue weighted by atomic mass is 10.2. The van der Waals surface area contributed by atoms with Crippen molar-refractivity contribution < 1.29 is 19.6 Å². The highest BCUT2D eigenvalue weighted by molar-refractivity contribution is 5.72. The third-order valence-corrected chi connectivity index (χ3v) is 2.03. The molecule has 0 saturated heterocycles. The Morgan fingerprint density at radius 2 is 2.19 bits per heavy atom. The number of para-hydroxylation sites is 1. The SMILES string of the molecule is Cc1cccc(O[C@H](C)C(=O)O)c1[N+](=O)[O-]. The molecule has 0 aliphatic heterocycles. The van der Waals surface area contributed by atoms with Crippen molar-refractivity contribution in [2.24, 2.45) is 0 Å². The fraction of sp³-hybridized carbons (Fsp3) is 0.300. The van der Waals surface area contributed by atoms with Gasteiger partial charge in [0.2, 0.25) is 0 Å². The number of nitro benzene ring substituents is 1.